The Labute approximate surface area is 157 Å². The number of aryl methyl sites for hydroxylation is 1. The van der Waals surface area contributed by atoms with Crippen molar-refractivity contribution in [2.75, 3.05) is 11.9 Å². The Hall–Kier alpha value is -1.85. The molecule has 1 aromatic carbocycles. The van der Waals surface area contributed by atoms with Crippen LogP contribution in [-0.4, -0.2) is 16.6 Å². The zero-order chi connectivity index (χ0) is 17.6. The molecule has 0 spiro atoms. The maximum absolute atomic E-state index is 6.04. The summed E-state index contributed by atoms with van der Waals surface area (Å²) >= 11 is 7.65. The van der Waals surface area contributed by atoms with Crippen LogP contribution in [0.4, 0.5) is 11.5 Å². The van der Waals surface area contributed by atoms with Gasteiger partial charge in [0.15, 0.2) is 0 Å². The van der Waals surface area contributed by atoms with Crippen LogP contribution >= 0.6 is 22.9 Å². The number of hydrogen-bond donors (Lipinski definition) is 1. The molecule has 1 N–H and O–H groups in total. The summed E-state index contributed by atoms with van der Waals surface area (Å²) in [6.07, 6.45) is 4.83. The highest BCUT2D eigenvalue weighted by Crippen LogP contribution is 2.31. The van der Waals surface area contributed by atoms with Gasteiger partial charge >= 0.3 is 0 Å². The number of hydrogen-bond acceptors (Lipinski definition) is 5. The number of nitrogens with zero attached hydrogens (tertiary/aromatic N) is 2. The zero-order valence-corrected chi connectivity index (χ0v) is 16.1. The highest BCUT2D eigenvalue weighted by Gasteiger charge is 2.10. The molecule has 3 aromatic rings. The molecule has 2 heterocycles. The molecule has 0 saturated heterocycles. The lowest BCUT2D eigenvalue weighted by Crippen LogP contribution is -1.98. The van der Waals surface area contributed by atoms with E-state index in [9.17, 15) is 0 Å². The van der Waals surface area contributed by atoms with Gasteiger partial charge in [-0.15, -0.1) is 11.3 Å². The lowest BCUT2D eigenvalue weighted by atomic mass is 10.2. The van der Waals surface area contributed by atoms with Crippen LogP contribution in [0.25, 0.3) is 10.2 Å². The fourth-order valence-electron chi connectivity index (χ4n) is 2.60. The lowest BCUT2D eigenvalue weighted by Gasteiger charge is -2.09. The van der Waals surface area contributed by atoms with Gasteiger partial charge in [0.1, 0.15) is 16.4 Å². The third-order valence-corrected chi connectivity index (χ3v) is 4.99. The lowest BCUT2D eigenvalue weighted by molar-refractivity contribution is 0.305. The second-order valence-corrected chi connectivity index (χ2v) is 7.55. The van der Waals surface area contributed by atoms with Gasteiger partial charge in [0.2, 0.25) is 5.28 Å². The minimum atomic E-state index is 0.254. The van der Waals surface area contributed by atoms with E-state index >= 15 is 0 Å². The predicted molar refractivity (Wildman–Crippen MR) is 107 cm³/mol. The largest absolute Gasteiger partial charge is 0.494 e. The molecule has 0 aliphatic carbocycles. The number of fused-ring (bicyclic) bond motifs is 1. The first-order chi connectivity index (χ1) is 12.2. The van der Waals surface area contributed by atoms with Gasteiger partial charge in [-0.2, -0.15) is 4.98 Å². The maximum atomic E-state index is 6.04. The van der Waals surface area contributed by atoms with Crippen molar-refractivity contribution in [1.29, 1.82) is 0 Å². The molecule has 25 heavy (non-hydrogen) atoms. The van der Waals surface area contributed by atoms with Crippen LogP contribution in [0.15, 0.2) is 30.3 Å². The first-order valence-corrected chi connectivity index (χ1v) is 9.78. The average molecular weight is 376 g/mol. The summed E-state index contributed by atoms with van der Waals surface area (Å²) in [5.74, 6) is 1.62. The van der Waals surface area contributed by atoms with Crippen LogP contribution in [0.1, 0.15) is 37.5 Å². The predicted octanol–water partition coefficient (Wildman–Crippen LogP) is 6.36. The van der Waals surface area contributed by atoms with Crippen molar-refractivity contribution in [2.45, 2.75) is 39.5 Å². The normalized spacial score (nSPS) is 11.0. The van der Waals surface area contributed by atoms with Crippen LogP contribution in [0.3, 0.4) is 0 Å². The fourth-order valence-corrected chi connectivity index (χ4v) is 3.70. The van der Waals surface area contributed by atoms with E-state index in [-0.39, 0.29) is 5.28 Å². The third kappa shape index (κ3) is 4.83. The Kier molecular flexibility index (Phi) is 6.10. The zero-order valence-electron chi connectivity index (χ0n) is 14.5. The molecular weight excluding hydrogens is 354 g/mol. The molecule has 0 aliphatic heterocycles. The summed E-state index contributed by atoms with van der Waals surface area (Å²) in [6, 6.07) is 10.00. The van der Waals surface area contributed by atoms with Gasteiger partial charge in [0.05, 0.1) is 12.0 Å². The summed E-state index contributed by atoms with van der Waals surface area (Å²) in [4.78, 5) is 10.7. The minimum absolute atomic E-state index is 0.254. The maximum Gasteiger partial charge on any atom is 0.225 e. The number of thiophene rings is 1. The van der Waals surface area contributed by atoms with Gasteiger partial charge in [-0.25, -0.2) is 4.98 Å². The van der Waals surface area contributed by atoms with Crippen molar-refractivity contribution < 1.29 is 4.74 Å². The highest BCUT2D eigenvalue weighted by atomic mass is 35.5. The Morgan fingerprint density at radius 1 is 1.12 bits per heavy atom. The van der Waals surface area contributed by atoms with Crippen molar-refractivity contribution >= 4 is 44.7 Å². The fraction of sp³-hybridized carbons (Fsp3) is 0.368. The summed E-state index contributed by atoms with van der Waals surface area (Å²) < 4.78 is 5.78. The van der Waals surface area contributed by atoms with Gasteiger partial charge in [-0.1, -0.05) is 26.2 Å². The molecule has 0 saturated carbocycles. The number of rotatable bonds is 8. The smallest absolute Gasteiger partial charge is 0.225 e. The van der Waals surface area contributed by atoms with Crippen LogP contribution in [-0.2, 0) is 0 Å². The van der Waals surface area contributed by atoms with Crippen LogP contribution in [0, 0.1) is 6.92 Å². The van der Waals surface area contributed by atoms with Gasteiger partial charge in [-0.3, -0.25) is 0 Å². The van der Waals surface area contributed by atoms with Crippen molar-refractivity contribution in [3.05, 3.63) is 40.5 Å². The summed E-state index contributed by atoms with van der Waals surface area (Å²) in [5.41, 5.74) is 0.943. The number of halogens is 1. The van der Waals surface area contributed by atoms with E-state index in [1.807, 2.05) is 24.3 Å². The van der Waals surface area contributed by atoms with Crippen molar-refractivity contribution in [1.82, 2.24) is 9.97 Å². The molecule has 4 nitrogen and oxygen atoms in total. The van der Waals surface area contributed by atoms with E-state index in [0.29, 0.717) is 0 Å². The van der Waals surface area contributed by atoms with E-state index in [4.69, 9.17) is 16.3 Å². The molecule has 132 valence electrons. The Bertz CT molecular complexity index is 833. The SMILES string of the molecule is CCCCCCOc1ccc(Nc2nc(Cl)nc3sc(C)cc23)cc1. The molecular formula is C19H22ClN3OS. The van der Waals surface area contributed by atoms with E-state index in [2.05, 4.69) is 35.2 Å². The van der Waals surface area contributed by atoms with Crippen molar-refractivity contribution in [3.8, 4) is 5.75 Å². The van der Waals surface area contributed by atoms with E-state index in [1.165, 1.54) is 24.1 Å². The van der Waals surface area contributed by atoms with Gasteiger partial charge < -0.3 is 10.1 Å². The molecule has 0 atom stereocenters. The van der Waals surface area contributed by atoms with Gasteiger partial charge in [0.25, 0.3) is 0 Å². The summed E-state index contributed by atoms with van der Waals surface area (Å²) in [7, 11) is 0. The molecule has 0 radical (unpaired) electrons. The number of anilines is 2. The second kappa shape index (κ2) is 8.50. The van der Waals surface area contributed by atoms with E-state index in [1.54, 1.807) is 11.3 Å². The molecule has 6 heteroatoms. The second-order valence-electron chi connectivity index (χ2n) is 5.98. The van der Waals surface area contributed by atoms with Crippen LogP contribution < -0.4 is 10.1 Å². The average Bonchev–Trinajstić information content (AvgIpc) is 2.96. The quantitative estimate of drug-likeness (QED) is 0.367. The molecule has 0 bridgehead atoms. The number of ether oxygens (including phenoxy) is 1. The summed E-state index contributed by atoms with van der Waals surface area (Å²) in [6.45, 7) is 5.03. The molecule has 0 unspecified atom stereocenters. The monoisotopic (exact) mass is 375 g/mol. The standard InChI is InChI=1S/C19H22ClN3OS/c1-3-4-5-6-11-24-15-9-7-14(8-10-15)21-17-16-12-13(2)25-18(16)23-19(20)22-17/h7-10,12H,3-6,11H2,1-2H3,(H,21,22,23). The van der Waals surface area contributed by atoms with Gasteiger partial charge in [-0.05, 0) is 55.3 Å². The van der Waals surface area contributed by atoms with E-state index in [0.717, 1.165) is 40.5 Å². The number of benzene rings is 1. The Morgan fingerprint density at radius 2 is 1.92 bits per heavy atom. The molecule has 0 amide bonds. The van der Waals surface area contributed by atoms with Crippen LogP contribution in [0.2, 0.25) is 5.28 Å². The topological polar surface area (TPSA) is 47.0 Å². The first-order valence-electron chi connectivity index (χ1n) is 8.59. The number of unbranched alkanes of at least 4 members (excludes halogenated alkanes) is 3. The molecule has 0 fully saturated rings. The third-order valence-electron chi connectivity index (χ3n) is 3.87. The van der Waals surface area contributed by atoms with Crippen molar-refractivity contribution in [2.24, 2.45) is 0 Å². The molecule has 0 aliphatic rings. The molecule has 3 rings (SSSR count). The first kappa shape index (κ1) is 18.0. The molecule has 2 aromatic heterocycles. The minimum Gasteiger partial charge on any atom is -0.494 e. The van der Waals surface area contributed by atoms with E-state index < -0.39 is 0 Å². The summed E-state index contributed by atoms with van der Waals surface area (Å²) in [5, 5.41) is 4.57. The number of aromatic nitrogens is 2. The van der Waals surface area contributed by atoms with Crippen molar-refractivity contribution in [3.63, 3.8) is 0 Å². The van der Waals surface area contributed by atoms with Gasteiger partial charge in [0, 0.05) is 10.6 Å². The van der Waals surface area contributed by atoms with Crippen LogP contribution in [0.5, 0.6) is 5.75 Å². The highest BCUT2D eigenvalue weighted by molar-refractivity contribution is 7.18. The number of nitrogens with one attached hydrogen (secondary N) is 1. The Balaban J connectivity index is 1.65. The Morgan fingerprint density at radius 3 is 2.68 bits per heavy atom.